The number of nitrogens with zero attached hydrogens (tertiary/aromatic N) is 1. The van der Waals surface area contributed by atoms with Crippen LogP contribution in [0, 0.1) is 5.82 Å². The highest BCUT2D eigenvalue weighted by Gasteiger charge is 2.41. The first kappa shape index (κ1) is 18.5. The Kier molecular flexibility index (Phi) is 5.01. The van der Waals surface area contributed by atoms with Crippen LogP contribution in [0.2, 0.25) is 10.0 Å². The lowest BCUT2D eigenvalue weighted by molar-refractivity contribution is -0.00707. The van der Waals surface area contributed by atoms with Crippen molar-refractivity contribution in [3.63, 3.8) is 0 Å². The molecule has 2 aromatic rings. The molecule has 1 amide bonds. The summed E-state index contributed by atoms with van der Waals surface area (Å²) in [5.74, 6) is -0.330. The van der Waals surface area contributed by atoms with Crippen molar-refractivity contribution >= 4 is 29.1 Å². The van der Waals surface area contributed by atoms with Gasteiger partial charge in [0, 0.05) is 23.1 Å². The first-order chi connectivity index (χ1) is 12.9. The zero-order valence-electron chi connectivity index (χ0n) is 14.6. The second-order valence-corrected chi connectivity index (χ2v) is 8.00. The number of nitrogens with one attached hydrogen (secondary N) is 1. The van der Waals surface area contributed by atoms with Gasteiger partial charge in [-0.2, -0.15) is 0 Å². The molecule has 1 N–H and O–H groups in total. The minimum Gasteiger partial charge on any atom is -0.483 e. The Balaban J connectivity index is 1.56. The highest BCUT2D eigenvalue weighted by Crippen LogP contribution is 2.33. The summed E-state index contributed by atoms with van der Waals surface area (Å²) in [5, 5.41) is 4.14. The molecule has 0 unspecified atom stereocenters. The van der Waals surface area contributed by atoms with Crippen LogP contribution in [0.5, 0.6) is 5.75 Å². The van der Waals surface area contributed by atoms with E-state index in [1.807, 2.05) is 12.1 Å². The third-order valence-electron chi connectivity index (χ3n) is 5.11. The maximum Gasteiger partial charge on any atom is 0.255 e. The molecule has 1 atom stereocenters. The van der Waals surface area contributed by atoms with Crippen LogP contribution in [0.25, 0.3) is 0 Å². The summed E-state index contributed by atoms with van der Waals surface area (Å²) in [4.78, 5) is 14.6. The van der Waals surface area contributed by atoms with Crippen LogP contribution in [0.15, 0.2) is 36.4 Å². The number of carbonyl (C=O) groups is 1. The Morgan fingerprint density at radius 3 is 2.89 bits per heavy atom. The van der Waals surface area contributed by atoms with Crippen molar-refractivity contribution in [3.05, 3.63) is 63.4 Å². The molecule has 0 bridgehead atoms. The lowest BCUT2D eigenvalue weighted by atomic mass is 9.92. The molecule has 2 aromatic carbocycles. The molecule has 1 saturated heterocycles. The number of piperidine rings is 1. The largest absolute Gasteiger partial charge is 0.483 e. The van der Waals surface area contributed by atoms with E-state index in [1.54, 1.807) is 6.07 Å². The van der Waals surface area contributed by atoms with Gasteiger partial charge in [-0.1, -0.05) is 29.3 Å². The number of likely N-dealkylation sites (tertiary alicyclic amines) is 1. The zero-order valence-corrected chi connectivity index (χ0v) is 16.1. The van der Waals surface area contributed by atoms with Gasteiger partial charge in [-0.25, -0.2) is 4.39 Å². The average molecular weight is 409 g/mol. The molecule has 1 spiro atoms. The summed E-state index contributed by atoms with van der Waals surface area (Å²) >= 11 is 12.3. The fourth-order valence-electron chi connectivity index (χ4n) is 3.82. The molecule has 4 nitrogen and oxygen atoms in total. The van der Waals surface area contributed by atoms with Crippen LogP contribution in [-0.2, 0) is 6.54 Å². The molecule has 2 heterocycles. The Morgan fingerprint density at radius 2 is 2.07 bits per heavy atom. The molecule has 7 heteroatoms. The number of hydrogen-bond acceptors (Lipinski definition) is 3. The maximum absolute atomic E-state index is 13.5. The highest BCUT2D eigenvalue weighted by molar-refractivity contribution is 6.35. The topological polar surface area (TPSA) is 41.6 Å². The van der Waals surface area contributed by atoms with Crippen molar-refractivity contribution in [2.24, 2.45) is 0 Å². The number of hydrogen-bond donors (Lipinski definition) is 1. The predicted molar refractivity (Wildman–Crippen MR) is 103 cm³/mol. The van der Waals surface area contributed by atoms with E-state index in [1.165, 1.54) is 18.2 Å². The second kappa shape index (κ2) is 7.30. The Labute approximate surface area is 167 Å². The maximum atomic E-state index is 13.5. The van der Waals surface area contributed by atoms with Gasteiger partial charge in [-0.05, 0) is 55.3 Å². The van der Waals surface area contributed by atoms with E-state index < -0.39 is 11.4 Å². The van der Waals surface area contributed by atoms with E-state index >= 15 is 0 Å². The summed E-state index contributed by atoms with van der Waals surface area (Å²) in [6, 6.07) is 9.57. The number of fused-ring (bicyclic) bond motifs is 1. The Hall–Kier alpha value is -1.82. The SMILES string of the molecule is O=C1NC[C@@]2(CCCN(Cc3ccc(Cl)cc3Cl)C2)Oc2ccc(F)cc21. The zero-order chi connectivity index (χ0) is 19.0. The lowest BCUT2D eigenvalue weighted by Gasteiger charge is -2.42. The Morgan fingerprint density at radius 1 is 1.22 bits per heavy atom. The van der Waals surface area contributed by atoms with Gasteiger partial charge in [0.2, 0.25) is 0 Å². The minimum atomic E-state index is -0.546. The molecular weight excluding hydrogens is 390 g/mol. The first-order valence-electron chi connectivity index (χ1n) is 8.87. The van der Waals surface area contributed by atoms with Crippen LogP contribution in [0.4, 0.5) is 4.39 Å². The number of rotatable bonds is 2. The quantitative estimate of drug-likeness (QED) is 0.805. The molecule has 2 aliphatic rings. The van der Waals surface area contributed by atoms with Gasteiger partial charge in [-0.3, -0.25) is 9.69 Å². The van der Waals surface area contributed by atoms with Gasteiger partial charge < -0.3 is 10.1 Å². The molecule has 2 aliphatic heterocycles. The number of carbonyl (C=O) groups excluding carboxylic acids is 1. The number of ether oxygens (including phenoxy) is 1. The fraction of sp³-hybridized carbons (Fsp3) is 0.350. The van der Waals surface area contributed by atoms with Gasteiger partial charge in [0.15, 0.2) is 0 Å². The van der Waals surface area contributed by atoms with Crippen molar-refractivity contribution < 1.29 is 13.9 Å². The van der Waals surface area contributed by atoms with Crippen LogP contribution < -0.4 is 10.1 Å². The summed E-state index contributed by atoms with van der Waals surface area (Å²) in [6.07, 6.45) is 1.74. The van der Waals surface area contributed by atoms with E-state index in [4.69, 9.17) is 27.9 Å². The first-order valence-corrected chi connectivity index (χ1v) is 9.63. The third kappa shape index (κ3) is 3.91. The molecule has 27 heavy (non-hydrogen) atoms. The molecule has 142 valence electrons. The minimum absolute atomic E-state index is 0.241. The average Bonchev–Trinajstić information content (AvgIpc) is 2.76. The van der Waals surface area contributed by atoms with E-state index in [9.17, 15) is 9.18 Å². The number of amides is 1. The van der Waals surface area contributed by atoms with Gasteiger partial charge in [0.05, 0.1) is 12.1 Å². The Bertz CT molecular complexity index is 892. The molecule has 1 fully saturated rings. The molecule has 0 aromatic heterocycles. The number of halogens is 3. The van der Waals surface area contributed by atoms with Gasteiger partial charge in [0.1, 0.15) is 17.2 Å². The predicted octanol–water partition coefficient (Wildman–Crippen LogP) is 4.29. The molecule has 0 saturated carbocycles. The monoisotopic (exact) mass is 408 g/mol. The van der Waals surface area contributed by atoms with Crippen molar-refractivity contribution in [1.29, 1.82) is 0 Å². The third-order valence-corrected chi connectivity index (χ3v) is 5.70. The highest BCUT2D eigenvalue weighted by atomic mass is 35.5. The van der Waals surface area contributed by atoms with Gasteiger partial charge in [0.25, 0.3) is 5.91 Å². The van der Waals surface area contributed by atoms with Gasteiger partial charge >= 0.3 is 0 Å². The molecule has 0 aliphatic carbocycles. The molecule has 4 rings (SSSR count). The smallest absolute Gasteiger partial charge is 0.255 e. The van der Waals surface area contributed by atoms with Crippen molar-refractivity contribution in [2.75, 3.05) is 19.6 Å². The summed E-state index contributed by atoms with van der Waals surface area (Å²) in [6.45, 7) is 2.61. The van der Waals surface area contributed by atoms with E-state index in [-0.39, 0.29) is 11.5 Å². The van der Waals surface area contributed by atoms with Crippen LogP contribution in [0.1, 0.15) is 28.8 Å². The van der Waals surface area contributed by atoms with Crippen molar-refractivity contribution in [1.82, 2.24) is 10.2 Å². The standard InChI is InChI=1S/C20H19Cl2FN2O2/c21-14-3-2-13(17(22)8-14)10-25-7-1-6-20(12-25)11-24-19(26)16-9-15(23)4-5-18(16)27-20/h2-5,8-9H,1,6-7,10-12H2,(H,24,26)/t20-/m1/s1. The van der Waals surface area contributed by atoms with E-state index in [2.05, 4.69) is 10.2 Å². The van der Waals surface area contributed by atoms with Crippen molar-refractivity contribution in [3.8, 4) is 5.75 Å². The van der Waals surface area contributed by atoms with Gasteiger partial charge in [-0.15, -0.1) is 0 Å². The van der Waals surface area contributed by atoms with E-state index in [0.29, 0.717) is 35.4 Å². The van der Waals surface area contributed by atoms with Crippen LogP contribution in [-0.4, -0.2) is 36.0 Å². The summed E-state index contributed by atoms with van der Waals surface area (Å²) < 4.78 is 19.8. The van der Waals surface area contributed by atoms with Crippen LogP contribution in [0.3, 0.4) is 0 Å². The van der Waals surface area contributed by atoms with Crippen molar-refractivity contribution in [2.45, 2.75) is 25.0 Å². The fourth-order valence-corrected chi connectivity index (χ4v) is 4.29. The second-order valence-electron chi connectivity index (χ2n) is 7.16. The number of benzene rings is 2. The lowest BCUT2D eigenvalue weighted by Crippen LogP contribution is -2.56. The summed E-state index contributed by atoms with van der Waals surface area (Å²) in [7, 11) is 0. The van der Waals surface area contributed by atoms with Crippen LogP contribution >= 0.6 is 23.2 Å². The molecule has 0 radical (unpaired) electrons. The molecular formula is C20H19Cl2FN2O2. The summed E-state index contributed by atoms with van der Waals surface area (Å²) in [5.41, 5.74) is 0.693. The normalized spacial score (nSPS) is 22.7. The van der Waals surface area contributed by atoms with E-state index in [0.717, 1.165) is 24.9 Å².